The van der Waals surface area contributed by atoms with E-state index >= 15 is 0 Å². The minimum atomic E-state index is -0.503. The molecule has 0 bridgehead atoms. The molecular formula is C23H28N2O5. The first-order chi connectivity index (χ1) is 14.4. The van der Waals surface area contributed by atoms with Crippen LogP contribution in [0.1, 0.15) is 37.8 Å². The number of nitrogens with one attached hydrogen (secondary N) is 2. The monoisotopic (exact) mass is 412 g/mol. The lowest BCUT2D eigenvalue weighted by Crippen LogP contribution is -2.22. The first-order valence-electron chi connectivity index (χ1n) is 9.90. The molecule has 0 saturated carbocycles. The lowest BCUT2D eigenvalue weighted by molar-refractivity contribution is -0.146. The van der Waals surface area contributed by atoms with E-state index in [2.05, 4.69) is 17.6 Å². The van der Waals surface area contributed by atoms with Crippen LogP contribution in [0.5, 0.6) is 5.75 Å². The molecule has 30 heavy (non-hydrogen) atoms. The van der Waals surface area contributed by atoms with Gasteiger partial charge in [-0.15, -0.1) is 0 Å². The zero-order valence-electron chi connectivity index (χ0n) is 17.6. The highest BCUT2D eigenvalue weighted by Crippen LogP contribution is 2.27. The summed E-state index contributed by atoms with van der Waals surface area (Å²) in [6.07, 6.45) is 3.39. The van der Waals surface area contributed by atoms with Crippen molar-refractivity contribution < 1.29 is 23.9 Å². The maximum absolute atomic E-state index is 12.2. The molecule has 0 saturated heterocycles. The predicted molar refractivity (Wildman–Crippen MR) is 116 cm³/mol. The van der Waals surface area contributed by atoms with Crippen LogP contribution in [0.4, 0.5) is 11.4 Å². The lowest BCUT2D eigenvalue weighted by atomic mass is 10.1. The van der Waals surface area contributed by atoms with Gasteiger partial charge in [-0.2, -0.15) is 0 Å². The number of amides is 2. The van der Waals surface area contributed by atoms with Gasteiger partial charge in [0.1, 0.15) is 5.75 Å². The first-order valence-corrected chi connectivity index (χ1v) is 9.90. The number of unbranched alkanes of at least 4 members (excludes halogenated alkanes) is 1. The van der Waals surface area contributed by atoms with Crippen molar-refractivity contribution in [2.24, 2.45) is 0 Å². The maximum Gasteiger partial charge on any atom is 0.310 e. The Bertz CT molecular complexity index is 878. The normalized spacial score (nSPS) is 10.2. The SMILES string of the molecule is CCCCc1ccc(CC(=O)OCC(=O)Nc2cc(NC(C)=O)ccc2OC)cc1. The van der Waals surface area contributed by atoms with Crippen LogP contribution in [0.2, 0.25) is 0 Å². The second-order valence-corrected chi connectivity index (χ2v) is 6.90. The van der Waals surface area contributed by atoms with Crippen molar-refractivity contribution in [3.05, 3.63) is 53.6 Å². The van der Waals surface area contributed by atoms with Crippen LogP contribution in [-0.4, -0.2) is 31.5 Å². The minimum Gasteiger partial charge on any atom is -0.495 e. The summed E-state index contributed by atoms with van der Waals surface area (Å²) in [7, 11) is 1.47. The van der Waals surface area contributed by atoms with E-state index in [0.717, 1.165) is 24.8 Å². The van der Waals surface area contributed by atoms with E-state index < -0.39 is 18.5 Å². The van der Waals surface area contributed by atoms with Gasteiger partial charge in [-0.1, -0.05) is 37.6 Å². The van der Waals surface area contributed by atoms with Crippen LogP contribution in [0.25, 0.3) is 0 Å². The molecule has 2 amide bonds. The molecular weight excluding hydrogens is 384 g/mol. The highest BCUT2D eigenvalue weighted by Gasteiger charge is 2.12. The van der Waals surface area contributed by atoms with Crippen LogP contribution in [0.15, 0.2) is 42.5 Å². The minimum absolute atomic E-state index is 0.0999. The summed E-state index contributed by atoms with van der Waals surface area (Å²) in [4.78, 5) is 35.4. The zero-order chi connectivity index (χ0) is 21.9. The molecule has 0 atom stereocenters. The molecule has 0 spiro atoms. The van der Waals surface area contributed by atoms with Gasteiger partial charge in [0, 0.05) is 12.6 Å². The van der Waals surface area contributed by atoms with Gasteiger partial charge >= 0.3 is 5.97 Å². The van der Waals surface area contributed by atoms with Crippen LogP contribution < -0.4 is 15.4 Å². The number of hydrogen-bond acceptors (Lipinski definition) is 5. The Morgan fingerprint density at radius 1 is 0.967 bits per heavy atom. The Morgan fingerprint density at radius 3 is 2.30 bits per heavy atom. The van der Waals surface area contributed by atoms with E-state index in [4.69, 9.17) is 9.47 Å². The molecule has 160 valence electrons. The third-order valence-electron chi connectivity index (χ3n) is 4.35. The molecule has 2 rings (SSSR count). The van der Waals surface area contributed by atoms with E-state index in [1.807, 2.05) is 24.3 Å². The Morgan fingerprint density at radius 2 is 1.67 bits per heavy atom. The first kappa shape index (κ1) is 22.9. The fourth-order valence-corrected chi connectivity index (χ4v) is 2.84. The van der Waals surface area contributed by atoms with Gasteiger partial charge < -0.3 is 20.1 Å². The molecule has 0 aliphatic rings. The standard InChI is InChI=1S/C23H28N2O5/c1-4-5-6-17-7-9-18(10-8-17)13-23(28)30-15-22(27)25-20-14-19(24-16(2)26)11-12-21(20)29-3/h7-12,14H,4-6,13,15H2,1-3H3,(H,24,26)(H,25,27). The van der Waals surface area contributed by atoms with Crippen LogP contribution in [0.3, 0.4) is 0 Å². The Labute approximate surface area is 176 Å². The molecule has 0 radical (unpaired) electrons. The molecule has 2 aromatic rings. The number of rotatable bonds is 10. The molecule has 0 aliphatic heterocycles. The smallest absolute Gasteiger partial charge is 0.310 e. The molecule has 0 aromatic heterocycles. The summed E-state index contributed by atoms with van der Waals surface area (Å²) >= 11 is 0. The Balaban J connectivity index is 1.86. The second kappa shape index (κ2) is 11.6. The van der Waals surface area contributed by atoms with Crippen molar-refractivity contribution in [2.75, 3.05) is 24.4 Å². The van der Waals surface area contributed by atoms with E-state index in [1.54, 1.807) is 18.2 Å². The zero-order valence-corrected chi connectivity index (χ0v) is 17.6. The predicted octanol–water partition coefficient (Wildman–Crippen LogP) is 3.72. The number of hydrogen-bond donors (Lipinski definition) is 2. The fraction of sp³-hybridized carbons (Fsp3) is 0.348. The quantitative estimate of drug-likeness (QED) is 0.580. The van der Waals surface area contributed by atoms with Crippen molar-refractivity contribution in [3.63, 3.8) is 0 Å². The van der Waals surface area contributed by atoms with E-state index in [0.29, 0.717) is 17.1 Å². The van der Waals surface area contributed by atoms with Gasteiger partial charge in [-0.05, 0) is 42.2 Å². The lowest BCUT2D eigenvalue weighted by Gasteiger charge is -2.12. The maximum atomic E-state index is 12.2. The topological polar surface area (TPSA) is 93.7 Å². The van der Waals surface area contributed by atoms with Gasteiger partial charge in [-0.3, -0.25) is 14.4 Å². The summed E-state index contributed by atoms with van der Waals surface area (Å²) in [5, 5.41) is 5.26. The van der Waals surface area contributed by atoms with Crippen molar-refractivity contribution in [1.82, 2.24) is 0 Å². The van der Waals surface area contributed by atoms with Crippen molar-refractivity contribution in [1.29, 1.82) is 0 Å². The van der Waals surface area contributed by atoms with E-state index in [-0.39, 0.29) is 12.3 Å². The summed E-state index contributed by atoms with van der Waals surface area (Å²) < 4.78 is 10.3. The average molecular weight is 412 g/mol. The number of ether oxygens (including phenoxy) is 2. The van der Waals surface area contributed by atoms with Crippen LogP contribution >= 0.6 is 0 Å². The number of esters is 1. The third kappa shape index (κ3) is 7.58. The second-order valence-electron chi connectivity index (χ2n) is 6.90. The number of benzene rings is 2. The Hall–Kier alpha value is -3.35. The van der Waals surface area contributed by atoms with Gasteiger partial charge in [-0.25, -0.2) is 0 Å². The number of carbonyl (C=O) groups excluding carboxylic acids is 3. The van der Waals surface area contributed by atoms with Gasteiger partial charge in [0.15, 0.2) is 6.61 Å². The van der Waals surface area contributed by atoms with Crippen LogP contribution in [-0.2, 0) is 32.0 Å². The summed E-state index contributed by atoms with van der Waals surface area (Å²) in [6, 6.07) is 12.7. The largest absolute Gasteiger partial charge is 0.495 e. The average Bonchev–Trinajstić information content (AvgIpc) is 2.71. The molecule has 0 unspecified atom stereocenters. The molecule has 2 N–H and O–H groups in total. The van der Waals surface area contributed by atoms with Gasteiger partial charge in [0.25, 0.3) is 5.91 Å². The molecule has 0 heterocycles. The molecule has 7 heteroatoms. The fourth-order valence-electron chi connectivity index (χ4n) is 2.84. The van der Waals surface area contributed by atoms with Crippen molar-refractivity contribution in [2.45, 2.75) is 39.5 Å². The third-order valence-corrected chi connectivity index (χ3v) is 4.35. The van der Waals surface area contributed by atoms with Crippen LogP contribution in [0, 0.1) is 0 Å². The van der Waals surface area contributed by atoms with Crippen molar-refractivity contribution >= 4 is 29.2 Å². The number of aryl methyl sites for hydroxylation is 1. The van der Waals surface area contributed by atoms with Gasteiger partial charge in [0.2, 0.25) is 5.91 Å². The number of anilines is 2. The summed E-state index contributed by atoms with van der Waals surface area (Å²) in [5.41, 5.74) is 2.96. The molecule has 2 aromatic carbocycles. The Kier molecular flexibility index (Phi) is 8.87. The summed E-state index contributed by atoms with van der Waals surface area (Å²) in [5.74, 6) is -0.793. The highest BCUT2D eigenvalue weighted by molar-refractivity contribution is 5.96. The van der Waals surface area contributed by atoms with E-state index in [1.165, 1.54) is 19.6 Å². The number of carbonyl (C=O) groups is 3. The number of methoxy groups -OCH3 is 1. The molecule has 0 fully saturated rings. The van der Waals surface area contributed by atoms with Crippen molar-refractivity contribution in [3.8, 4) is 5.75 Å². The molecule has 0 aliphatic carbocycles. The van der Waals surface area contributed by atoms with Gasteiger partial charge in [0.05, 0.1) is 19.2 Å². The molecule has 7 nitrogen and oxygen atoms in total. The highest BCUT2D eigenvalue weighted by atomic mass is 16.5. The summed E-state index contributed by atoms with van der Waals surface area (Å²) in [6.45, 7) is 3.12. The van der Waals surface area contributed by atoms with E-state index in [9.17, 15) is 14.4 Å².